The van der Waals surface area contributed by atoms with Crippen molar-refractivity contribution in [2.75, 3.05) is 19.6 Å². The summed E-state index contributed by atoms with van der Waals surface area (Å²) in [5.74, 6) is 0. The maximum Gasteiger partial charge on any atom is 0.407 e. The summed E-state index contributed by atoms with van der Waals surface area (Å²) in [6.07, 6.45) is 4.47. The molecule has 6 heteroatoms. The van der Waals surface area contributed by atoms with Gasteiger partial charge in [0.2, 0.25) is 0 Å². The van der Waals surface area contributed by atoms with Gasteiger partial charge in [-0.2, -0.15) is 0 Å². The quantitative estimate of drug-likeness (QED) is 0.409. The van der Waals surface area contributed by atoms with Gasteiger partial charge in [0, 0.05) is 19.4 Å². The van der Waals surface area contributed by atoms with Crippen LogP contribution in [-0.2, 0) is 4.74 Å². The molecule has 1 atom stereocenters. The summed E-state index contributed by atoms with van der Waals surface area (Å²) >= 11 is 2.42. The number of alkyl carbamates (subject to hydrolysis) is 1. The number of amides is 1. The predicted octanol–water partition coefficient (Wildman–Crippen LogP) is 1.45. The molecular formula is C11H18IN3O2. The molecule has 1 unspecified atom stereocenters. The third-order valence-electron chi connectivity index (χ3n) is 3.71. The number of halogens is 1. The van der Waals surface area contributed by atoms with Crippen LogP contribution in [0.2, 0.25) is 0 Å². The van der Waals surface area contributed by atoms with E-state index in [0.717, 1.165) is 38.8 Å². The molecule has 0 aromatic heterocycles. The molecule has 17 heavy (non-hydrogen) atoms. The molecule has 96 valence electrons. The maximum atomic E-state index is 11.5. The van der Waals surface area contributed by atoms with E-state index in [0.29, 0.717) is 6.54 Å². The molecular weight excluding hydrogens is 333 g/mol. The fraction of sp³-hybridized carbons (Fsp3) is 0.818. The highest BCUT2D eigenvalue weighted by Crippen LogP contribution is 2.46. The van der Waals surface area contributed by atoms with Crippen LogP contribution in [0.15, 0.2) is 0 Å². The Labute approximate surface area is 115 Å². The van der Waals surface area contributed by atoms with E-state index >= 15 is 0 Å². The lowest BCUT2D eigenvalue weighted by Crippen LogP contribution is -2.66. The van der Waals surface area contributed by atoms with E-state index in [-0.39, 0.29) is 15.1 Å². The van der Waals surface area contributed by atoms with Crippen LogP contribution in [-0.4, -0.2) is 41.0 Å². The minimum Gasteiger partial charge on any atom is -0.441 e. The summed E-state index contributed by atoms with van der Waals surface area (Å²) in [5.41, 5.74) is -0.357. The first-order chi connectivity index (χ1) is 8.12. The van der Waals surface area contributed by atoms with Gasteiger partial charge >= 0.3 is 6.09 Å². The Morgan fingerprint density at radius 3 is 2.82 bits per heavy atom. The van der Waals surface area contributed by atoms with Crippen molar-refractivity contribution < 1.29 is 9.53 Å². The van der Waals surface area contributed by atoms with Crippen molar-refractivity contribution >= 4 is 34.9 Å². The van der Waals surface area contributed by atoms with Gasteiger partial charge in [-0.05, 0) is 32.1 Å². The summed E-state index contributed by atoms with van der Waals surface area (Å²) in [4.78, 5) is 11.5. The number of carbonyl (C=O) groups excluding carboxylic acids is 1. The second-order valence-electron chi connectivity index (χ2n) is 4.70. The van der Waals surface area contributed by atoms with Gasteiger partial charge in [0.15, 0.2) is 0 Å². The van der Waals surface area contributed by atoms with E-state index < -0.39 is 0 Å². The molecule has 2 saturated heterocycles. The summed E-state index contributed by atoms with van der Waals surface area (Å²) in [6, 6.07) is 0. The standard InChI is InChI=1S/C11H18IN3O2/c12-10(2-1-5-13)8-15-9(16)17-11(10)3-6-14-7-4-11/h5,13-14H,1-4,6-8H2,(H,15,16). The molecule has 0 aliphatic carbocycles. The Morgan fingerprint density at radius 1 is 1.47 bits per heavy atom. The van der Waals surface area contributed by atoms with Crippen molar-refractivity contribution in [2.24, 2.45) is 0 Å². The fourth-order valence-corrected chi connectivity index (χ4v) is 3.83. The van der Waals surface area contributed by atoms with Gasteiger partial charge in [-0.1, -0.05) is 22.6 Å². The molecule has 0 aromatic carbocycles. The van der Waals surface area contributed by atoms with Crippen LogP contribution in [0.3, 0.4) is 0 Å². The Balaban J connectivity index is 2.20. The molecule has 3 N–H and O–H groups in total. The second-order valence-corrected chi connectivity index (χ2v) is 6.76. The number of hydrogen-bond acceptors (Lipinski definition) is 4. The van der Waals surface area contributed by atoms with Crippen molar-refractivity contribution in [3.63, 3.8) is 0 Å². The van der Waals surface area contributed by atoms with Gasteiger partial charge in [-0.3, -0.25) is 0 Å². The lowest BCUT2D eigenvalue weighted by molar-refractivity contribution is -0.0552. The first-order valence-corrected chi connectivity index (χ1v) is 7.05. The Morgan fingerprint density at radius 2 is 2.18 bits per heavy atom. The lowest BCUT2D eigenvalue weighted by atomic mass is 9.76. The topological polar surface area (TPSA) is 74.2 Å². The van der Waals surface area contributed by atoms with Gasteiger partial charge in [-0.15, -0.1) is 0 Å². The van der Waals surface area contributed by atoms with Gasteiger partial charge in [0.1, 0.15) is 5.60 Å². The Bertz CT molecular complexity index is 314. The number of hydrogen-bond donors (Lipinski definition) is 3. The first-order valence-electron chi connectivity index (χ1n) is 5.97. The SMILES string of the molecule is N=CCCC1(I)CNC(=O)OC12CCNCC2. The van der Waals surface area contributed by atoms with Crippen LogP contribution in [0.1, 0.15) is 25.7 Å². The first kappa shape index (κ1) is 13.1. The molecule has 1 amide bonds. The number of carbonyl (C=O) groups is 1. The van der Waals surface area contributed by atoms with Crippen LogP contribution in [0.5, 0.6) is 0 Å². The van der Waals surface area contributed by atoms with E-state index in [1.165, 1.54) is 6.21 Å². The highest BCUT2D eigenvalue weighted by molar-refractivity contribution is 14.1. The molecule has 0 saturated carbocycles. The molecule has 2 aliphatic rings. The molecule has 0 radical (unpaired) electrons. The minimum absolute atomic E-state index is 0.0989. The predicted molar refractivity (Wildman–Crippen MR) is 74.1 cm³/mol. The van der Waals surface area contributed by atoms with Gasteiger partial charge in [0.05, 0.1) is 3.42 Å². The third kappa shape index (κ3) is 2.42. The van der Waals surface area contributed by atoms with Crippen LogP contribution in [0, 0.1) is 5.41 Å². The van der Waals surface area contributed by atoms with E-state index in [2.05, 4.69) is 33.2 Å². The van der Waals surface area contributed by atoms with Crippen molar-refractivity contribution in [3.8, 4) is 0 Å². The monoisotopic (exact) mass is 351 g/mol. The number of ether oxygens (including phenoxy) is 1. The molecule has 0 aromatic rings. The summed E-state index contributed by atoms with van der Waals surface area (Å²) in [7, 11) is 0. The van der Waals surface area contributed by atoms with Crippen LogP contribution >= 0.6 is 22.6 Å². The fourth-order valence-electron chi connectivity index (χ4n) is 2.68. The van der Waals surface area contributed by atoms with E-state index in [9.17, 15) is 4.79 Å². The normalized spacial score (nSPS) is 31.7. The largest absolute Gasteiger partial charge is 0.441 e. The highest BCUT2D eigenvalue weighted by atomic mass is 127. The van der Waals surface area contributed by atoms with Crippen molar-refractivity contribution in [3.05, 3.63) is 0 Å². The summed E-state index contributed by atoms with van der Waals surface area (Å²) in [6.45, 7) is 2.42. The van der Waals surface area contributed by atoms with Gasteiger partial charge < -0.3 is 20.8 Å². The lowest BCUT2D eigenvalue weighted by Gasteiger charge is -2.51. The number of rotatable bonds is 3. The number of alkyl halides is 1. The summed E-state index contributed by atoms with van der Waals surface area (Å²) in [5, 5.41) is 13.3. The van der Waals surface area contributed by atoms with Gasteiger partial charge in [0.25, 0.3) is 0 Å². The maximum absolute atomic E-state index is 11.5. The summed E-state index contributed by atoms with van der Waals surface area (Å²) < 4.78 is 5.56. The third-order valence-corrected chi connectivity index (χ3v) is 5.62. The van der Waals surface area contributed by atoms with Crippen LogP contribution < -0.4 is 10.6 Å². The van der Waals surface area contributed by atoms with Crippen molar-refractivity contribution in [1.29, 1.82) is 5.41 Å². The zero-order valence-electron chi connectivity index (χ0n) is 9.72. The van der Waals surface area contributed by atoms with Crippen LogP contribution in [0.4, 0.5) is 4.79 Å². The van der Waals surface area contributed by atoms with E-state index in [1.807, 2.05) is 0 Å². The minimum atomic E-state index is -0.357. The number of piperidine rings is 1. The highest BCUT2D eigenvalue weighted by Gasteiger charge is 2.55. The second kappa shape index (κ2) is 5.09. The Kier molecular flexibility index (Phi) is 3.92. The molecule has 2 heterocycles. The van der Waals surface area contributed by atoms with Gasteiger partial charge in [-0.25, -0.2) is 4.79 Å². The molecule has 2 rings (SSSR count). The molecule has 1 spiro atoms. The smallest absolute Gasteiger partial charge is 0.407 e. The van der Waals surface area contributed by atoms with Crippen molar-refractivity contribution in [1.82, 2.24) is 10.6 Å². The molecule has 2 fully saturated rings. The molecule has 0 bridgehead atoms. The average Bonchev–Trinajstić information content (AvgIpc) is 2.34. The van der Waals surface area contributed by atoms with Crippen LogP contribution in [0.25, 0.3) is 0 Å². The molecule has 2 aliphatic heterocycles. The van der Waals surface area contributed by atoms with Crippen molar-refractivity contribution in [2.45, 2.75) is 34.7 Å². The average molecular weight is 351 g/mol. The van der Waals surface area contributed by atoms with E-state index in [4.69, 9.17) is 10.1 Å². The van der Waals surface area contributed by atoms with E-state index in [1.54, 1.807) is 0 Å². The zero-order chi connectivity index (χ0) is 12.4. The number of nitrogens with one attached hydrogen (secondary N) is 3. The molecule has 5 nitrogen and oxygen atoms in total. The zero-order valence-corrected chi connectivity index (χ0v) is 11.9. The Hall–Kier alpha value is -0.370.